The number of amides is 2. The van der Waals surface area contributed by atoms with Crippen LogP contribution in [0.4, 0.5) is 0 Å². The Morgan fingerprint density at radius 1 is 1.07 bits per heavy atom. The maximum absolute atomic E-state index is 13.0. The number of carbonyl (C=O) groups excluding carboxylic acids is 2. The highest BCUT2D eigenvalue weighted by Crippen LogP contribution is 2.49. The maximum Gasteiger partial charge on any atom is 0.225 e. The molecule has 2 amide bonds. The van der Waals surface area contributed by atoms with Gasteiger partial charge >= 0.3 is 0 Å². The first kappa shape index (κ1) is 18.1. The number of pyridine rings is 1. The Bertz CT molecular complexity index is 714. The minimum Gasteiger partial charge on any atom is -0.381 e. The second kappa shape index (κ2) is 7.47. The summed E-state index contributed by atoms with van der Waals surface area (Å²) in [6.07, 6.45) is 8.84. The third-order valence-electron chi connectivity index (χ3n) is 7.39. The number of likely N-dealkylation sites (tertiary alicyclic amines) is 1. The summed E-state index contributed by atoms with van der Waals surface area (Å²) < 4.78 is 5.41. The standard InChI is InChI=1S/C22H29N3O3/c26-21(6-3-15-2-1-9-23-12-15)25-19-4-5-20(25)18-14-24(13-17(18)19)22(27)16-7-10-28-11-8-16/h1-2,9,12,16-20H,3-8,10-11,13-14H2/t17-,18+,19-,20+. The zero-order chi connectivity index (χ0) is 19.1. The van der Waals surface area contributed by atoms with E-state index in [1.54, 1.807) is 6.20 Å². The van der Waals surface area contributed by atoms with Crippen LogP contribution in [0.15, 0.2) is 24.5 Å². The molecule has 4 aliphatic heterocycles. The van der Waals surface area contributed by atoms with Crippen LogP contribution in [0.1, 0.15) is 37.7 Å². The average molecular weight is 383 g/mol. The molecule has 28 heavy (non-hydrogen) atoms. The lowest BCUT2D eigenvalue weighted by molar-refractivity contribution is -0.138. The Hall–Kier alpha value is -1.95. The average Bonchev–Trinajstić information content (AvgIpc) is 3.43. The van der Waals surface area contributed by atoms with Crippen LogP contribution in [0.5, 0.6) is 0 Å². The van der Waals surface area contributed by atoms with Crippen LogP contribution in [0.2, 0.25) is 0 Å². The van der Waals surface area contributed by atoms with E-state index in [1.807, 2.05) is 18.3 Å². The predicted molar refractivity (Wildman–Crippen MR) is 103 cm³/mol. The number of nitrogens with zero attached hydrogens (tertiary/aromatic N) is 3. The van der Waals surface area contributed by atoms with Gasteiger partial charge in [0.25, 0.3) is 0 Å². The van der Waals surface area contributed by atoms with Crippen molar-refractivity contribution in [1.82, 2.24) is 14.8 Å². The number of hydrogen-bond donors (Lipinski definition) is 0. The van der Waals surface area contributed by atoms with Crippen LogP contribution in [0.25, 0.3) is 0 Å². The summed E-state index contributed by atoms with van der Waals surface area (Å²) in [5.74, 6) is 1.71. The van der Waals surface area contributed by atoms with Gasteiger partial charge in [0.2, 0.25) is 11.8 Å². The molecule has 0 spiro atoms. The highest BCUT2D eigenvalue weighted by atomic mass is 16.5. The van der Waals surface area contributed by atoms with Gasteiger partial charge in [-0.25, -0.2) is 0 Å². The van der Waals surface area contributed by atoms with Crippen LogP contribution >= 0.6 is 0 Å². The Morgan fingerprint density at radius 2 is 1.79 bits per heavy atom. The summed E-state index contributed by atoms with van der Waals surface area (Å²) >= 11 is 0. The van der Waals surface area contributed by atoms with Crippen LogP contribution < -0.4 is 0 Å². The van der Waals surface area contributed by atoms with E-state index in [1.165, 1.54) is 0 Å². The van der Waals surface area contributed by atoms with Crippen LogP contribution in [0, 0.1) is 17.8 Å². The van der Waals surface area contributed by atoms with E-state index in [-0.39, 0.29) is 11.8 Å². The topological polar surface area (TPSA) is 62.7 Å². The normalized spacial score (nSPS) is 32.0. The number of aryl methyl sites for hydroxylation is 1. The molecule has 0 unspecified atom stereocenters. The highest BCUT2D eigenvalue weighted by molar-refractivity contribution is 5.80. The van der Waals surface area contributed by atoms with Gasteiger partial charge in [-0.3, -0.25) is 14.6 Å². The molecule has 4 saturated heterocycles. The summed E-state index contributed by atoms with van der Waals surface area (Å²) in [5, 5.41) is 0. The lowest BCUT2D eigenvalue weighted by Crippen LogP contribution is -2.43. The van der Waals surface area contributed by atoms with Crippen LogP contribution in [0.3, 0.4) is 0 Å². The number of carbonyl (C=O) groups is 2. The number of aromatic nitrogens is 1. The van der Waals surface area contributed by atoms with Gasteiger partial charge in [0, 0.05) is 75.0 Å². The van der Waals surface area contributed by atoms with Gasteiger partial charge in [-0.2, -0.15) is 0 Å². The van der Waals surface area contributed by atoms with Gasteiger partial charge in [0.15, 0.2) is 0 Å². The van der Waals surface area contributed by atoms with Gasteiger partial charge in [-0.15, -0.1) is 0 Å². The van der Waals surface area contributed by atoms with Crippen molar-refractivity contribution in [2.24, 2.45) is 17.8 Å². The fourth-order valence-corrected chi connectivity index (χ4v) is 6.05. The summed E-state index contributed by atoms with van der Waals surface area (Å²) in [4.78, 5) is 34.4. The minimum atomic E-state index is 0.141. The van der Waals surface area contributed by atoms with Gasteiger partial charge < -0.3 is 14.5 Å². The first-order valence-electron chi connectivity index (χ1n) is 10.8. The van der Waals surface area contributed by atoms with Gasteiger partial charge in [-0.05, 0) is 43.7 Å². The molecule has 2 bridgehead atoms. The summed E-state index contributed by atoms with van der Waals surface area (Å²) in [6, 6.07) is 4.63. The molecule has 6 nitrogen and oxygen atoms in total. The smallest absolute Gasteiger partial charge is 0.225 e. The largest absolute Gasteiger partial charge is 0.381 e. The van der Waals surface area contributed by atoms with Crippen molar-refractivity contribution in [3.63, 3.8) is 0 Å². The molecule has 0 aliphatic carbocycles. The van der Waals surface area contributed by atoms with E-state index in [9.17, 15) is 9.59 Å². The van der Waals surface area contributed by atoms with E-state index in [2.05, 4.69) is 14.8 Å². The highest BCUT2D eigenvalue weighted by Gasteiger charge is 2.58. The van der Waals surface area contributed by atoms with Crippen molar-refractivity contribution >= 4 is 11.8 Å². The number of fused-ring (bicyclic) bond motifs is 5. The summed E-state index contributed by atoms with van der Waals surface area (Å²) in [5.41, 5.74) is 1.12. The lowest BCUT2D eigenvalue weighted by atomic mass is 9.82. The molecule has 5 rings (SSSR count). The monoisotopic (exact) mass is 383 g/mol. The van der Waals surface area contributed by atoms with E-state index in [0.29, 0.717) is 49.5 Å². The molecule has 1 aromatic rings. The van der Waals surface area contributed by atoms with Gasteiger partial charge in [0.05, 0.1) is 0 Å². The second-order valence-electron chi connectivity index (χ2n) is 8.83. The van der Waals surface area contributed by atoms with E-state index in [0.717, 1.165) is 50.8 Å². The molecular weight excluding hydrogens is 354 g/mol. The van der Waals surface area contributed by atoms with E-state index in [4.69, 9.17) is 4.74 Å². The first-order chi connectivity index (χ1) is 13.7. The molecule has 1 aromatic heterocycles. The number of hydrogen-bond acceptors (Lipinski definition) is 4. The quantitative estimate of drug-likeness (QED) is 0.797. The molecule has 4 atom stereocenters. The Balaban J connectivity index is 1.21. The van der Waals surface area contributed by atoms with Gasteiger partial charge in [-0.1, -0.05) is 6.07 Å². The lowest BCUT2D eigenvalue weighted by Gasteiger charge is -2.30. The number of ether oxygens (including phenoxy) is 1. The Labute approximate surface area is 166 Å². The third kappa shape index (κ3) is 3.11. The molecule has 150 valence electrons. The van der Waals surface area contributed by atoms with Crippen molar-refractivity contribution in [3.05, 3.63) is 30.1 Å². The SMILES string of the molecule is O=C(C1CCOCC1)N1C[C@@H]2[C@H](C1)[C@@H]1CC[C@H]2N1C(=O)CCc1cccnc1. The van der Waals surface area contributed by atoms with Crippen LogP contribution in [-0.2, 0) is 20.7 Å². The predicted octanol–water partition coefficient (Wildman–Crippen LogP) is 1.89. The number of rotatable bonds is 4. The van der Waals surface area contributed by atoms with E-state index >= 15 is 0 Å². The van der Waals surface area contributed by atoms with Crippen molar-refractivity contribution in [2.75, 3.05) is 26.3 Å². The molecule has 6 heteroatoms. The second-order valence-corrected chi connectivity index (χ2v) is 8.83. The zero-order valence-electron chi connectivity index (χ0n) is 16.3. The maximum atomic E-state index is 13.0. The zero-order valence-corrected chi connectivity index (χ0v) is 16.3. The van der Waals surface area contributed by atoms with Crippen molar-refractivity contribution in [3.8, 4) is 0 Å². The van der Waals surface area contributed by atoms with Crippen molar-refractivity contribution < 1.29 is 14.3 Å². The minimum absolute atomic E-state index is 0.141. The van der Waals surface area contributed by atoms with Gasteiger partial charge in [0.1, 0.15) is 0 Å². The molecule has 4 aliphatic rings. The molecule has 0 aromatic carbocycles. The Kier molecular flexibility index (Phi) is 4.83. The third-order valence-corrected chi connectivity index (χ3v) is 7.39. The van der Waals surface area contributed by atoms with Crippen molar-refractivity contribution in [2.45, 2.75) is 50.6 Å². The summed E-state index contributed by atoms with van der Waals surface area (Å²) in [6.45, 7) is 3.10. The van der Waals surface area contributed by atoms with E-state index < -0.39 is 0 Å². The van der Waals surface area contributed by atoms with Crippen LogP contribution in [-0.4, -0.2) is 65.0 Å². The molecule has 0 N–H and O–H groups in total. The molecule has 5 heterocycles. The molecular formula is C22H29N3O3. The summed E-state index contributed by atoms with van der Waals surface area (Å²) in [7, 11) is 0. The van der Waals surface area contributed by atoms with Crippen molar-refractivity contribution in [1.29, 1.82) is 0 Å². The fraction of sp³-hybridized carbons (Fsp3) is 0.682. The molecule has 0 saturated carbocycles. The molecule has 0 radical (unpaired) electrons. The first-order valence-corrected chi connectivity index (χ1v) is 10.8. The Morgan fingerprint density at radius 3 is 2.43 bits per heavy atom. The molecule has 4 fully saturated rings. The fourth-order valence-electron chi connectivity index (χ4n) is 6.05.